The Morgan fingerprint density at radius 1 is 1.03 bits per heavy atom. The number of para-hydroxylation sites is 1. The molecule has 0 bridgehead atoms. The van der Waals surface area contributed by atoms with Gasteiger partial charge in [0, 0.05) is 6.07 Å². The van der Waals surface area contributed by atoms with E-state index in [0.29, 0.717) is 35.6 Å². The van der Waals surface area contributed by atoms with Crippen LogP contribution in [-0.4, -0.2) is 52.6 Å². The Labute approximate surface area is 204 Å². The van der Waals surface area contributed by atoms with Crippen LogP contribution in [0.4, 0.5) is 0 Å². The van der Waals surface area contributed by atoms with E-state index < -0.39 is 0 Å². The van der Waals surface area contributed by atoms with Crippen LogP contribution in [-0.2, 0) is 4.79 Å². The van der Waals surface area contributed by atoms with Crippen LogP contribution in [0, 0.1) is 6.92 Å². The van der Waals surface area contributed by atoms with Gasteiger partial charge in [-0.25, -0.2) is 0 Å². The highest BCUT2D eigenvalue weighted by atomic mass is 16.5. The highest BCUT2D eigenvalue weighted by Crippen LogP contribution is 2.29. The van der Waals surface area contributed by atoms with Crippen molar-refractivity contribution in [2.45, 2.75) is 26.7 Å². The van der Waals surface area contributed by atoms with Gasteiger partial charge >= 0.3 is 0 Å². The summed E-state index contributed by atoms with van der Waals surface area (Å²) >= 11 is 0. The lowest BCUT2D eigenvalue weighted by molar-refractivity contribution is -0.123. The number of hydrogen-bond donors (Lipinski definition) is 1. The third kappa shape index (κ3) is 5.68. The van der Waals surface area contributed by atoms with Gasteiger partial charge in [0.05, 0.1) is 19.2 Å². The van der Waals surface area contributed by atoms with E-state index in [-0.39, 0.29) is 19.1 Å². The molecule has 9 nitrogen and oxygen atoms in total. The van der Waals surface area contributed by atoms with Crippen LogP contribution in [0.25, 0.3) is 17.0 Å². The maximum Gasteiger partial charge on any atom is 0.258 e. The van der Waals surface area contributed by atoms with E-state index in [4.69, 9.17) is 14.2 Å². The van der Waals surface area contributed by atoms with Crippen molar-refractivity contribution in [1.82, 2.24) is 25.1 Å². The number of nitrogens with one attached hydrogen (secondary N) is 1. The fourth-order valence-electron chi connectivity index (χ4n) is 3.63. The molecule has 0 saturated carbocycles. The van der Waals surface area contributed by atoms with Crippen LogP contribution in [0.5, 0.6) is 17.4 Å². The van der Waals surface area contributed by atoms with E-state index >= 15 is 0 Å². The first-order chi connectivity index (χ1) is 17.0. The first-order valence-corrected chi connectivity index (χ1v) is 11.4. The number of methoxy groups -OCH3 is 1. The second-order valence-electron chi connectivity index (χ2n) is 8.35. The molecule has 2 aromatic carbocycles. The Balaban J connectivity index is 1.32. The minimum absolute atomic E-state index is 0.0592. The zero-order valence-corrected chi connectivity index (χ0v) is 20.3. The number of ether oxygens (including phenoxy) is 3. The predicted molar refractivity (Wildman–Crippen MR) is 132 cm³/mol. The number of nitrogens with zero attached hydrogens (tertiary/aromatic N) is 4. The molecule has 0 aliphatic rings. The van der Waals surface area contributed by atoms with Crippen LogP contribution in [0.3, 0.4) is 0 Å². The minimum Gasteiger partial charge on any atom is -0.496 e. The molecule has 35 heavy (non-hydrogen) atoms. The molecule has 0 unspecified atom stereocenters. The maximum absolute atomic E-state index is 12.3. The minimum atomic E-state index is -0.217. The summed E-state index contributed by atoms with van der Waals surface area (Å²) in [6, 6.07) is 17.1. The SMILES string of the molecule is COc1ccccc1-c1nnc2ccc(OCCNC(=O)COc3cc(C)ccc3C(C)C)nn12. The van der Waals surface area contributed by atoms with Gasteiger partial charge in [0.1, 0.15) is 18.1 Å². The van der Waals surface area contributed by atoms with Crippen molar-refractivity contribution >= 4 is 11.6 Å². The third-order valence-electron chi connectivity index (χ3n) is 5.41. The van der Waals surface area contributed by atoms with Crippen LogP contribution in [0.2, 0.25) is 0 Å². The largest absolute Gasteiger partial charge is 0.496 e. The standard InChI is InChI=1S/C26H29N5O4/c1-17(2)19-10-9-18(3)15-22(19)35-16-24(32)27-13-14-34-25-12-11-23-28-29-26(31(23)30-25)20-7-5-6-8-21(20)33-4/h5-12,15,17H,13-14,16H2,1-4H3,(H,27,32). The molecule has 0 fully saturated rings. The maximum atomic E-state index is 12.3. The fourth-order valence-corrected chi connectivity index (χ4v) is 3.63. The average Bonchev–Trinajstić information content (AvgIpc) is 3.28. The van der Waals surface area contributed by atoms with Crippen molar-refractivity contribution in [1.29, 1.82) is 0 Å². The van der Waals surface area contributed by atoms with Crippen LogP contribution < -0.4 is 19.5 Å². The highest BCUT2D eigenvalue weighted by Gasteiger charge is 2.15. The van der Waals surface area contributed by atoms with E-state index in [1.54, 1.807) is 23.8 Å². The van der Waals surface area contributed by atoms with Crippen molar-refractivity contribution in [3.8, 4) is 28.8 Å². The van der Waals surface area contributed by atoms with Crippen molar-refractivity contribution in [3.05, 3.63) is 65.7 Å². The fraction of sp³-hybridized carbons (Fsp3) is 0.308. The van der Waals surface area contributed by atoms with Gasteiger partial charge in [0.25, 0.3) is 5.91 Å². The lowest BCUT2D eigenvalue weighted by Crippen LogP contribution is -2.32. The summed E-state index contributed by atoms with van der Waals surface area (Å²) in [5.41, 5.74) is 3.52. The van der Waals surface area contributed by atoms with Gasteiger partial charge in [-0.2, -0.15) is 4.52 Å². The number of aryl methyl sites for hydroxylation is 1. The van der Waals surface area contributed by atoms with Crippen molar-refractivity contribution in [3.63, 3.8) is 0 Å². The molecular weight excluding hydrogens is 446 g/mol. The van der Waals surface area contributed by atoms with E-state index in [1.807, 2.05) is 49.4 Å². The van der Waals surface area contributed by atoms with Crippen molar-refractivity contribution in [2.75, 3.05) is 26.9 Å². The van der Waals surface area contributed by atoms with Crippen molar-refractivity contribution in [2.24, 2.45) is 0 Å². The Hall–Kier alpha value is -4.14. The van der Waals surface area contributed by atoms with Gasteiger partial charge in [-0.05, 0) is 48.2 Å². The topological polar surface area (TPSA) is 99.9 Å². The summed E-state index contributed by atoms with van der Waals surface area (Å²) in [4.78, 5) is 12.3. The molecule has 0 radical (unpaired) electrons. The molecule has 1 amide bonds. The summed E-state index contributed by atoms with van der Waals surface area (Å²) in [7, 11) is 1.60. The number of rotatable bonds is 10. The third-order valence-corrected chi connectivity index (χ3v) is 5.41. The molecule has 0 aliphatic heterocycles. The number of carbonyl (C=O) groups excluding carboxylic acids is 1. The molecule has 4 rings (SSSR count). The first-order valence-electron chi connectivity index (χ1n) is 11.4. The molecular formula is C26H29N5O4. The lowest BCUT2D eigenvalue weighted by Gasteiger charge is -2.15. The second kappa shape index (κ2) is 10.9. The quantitative estimate of drug-likeness (QED) is 0.348. The molecule has 2 heterocycles. The Kier molecular flexibility index (Phi) is 7.45. The predicted octanol–water partition coefficient (Wildman–Crippen LogP) is 3.81. The Morgan fingerprint density at radius 2 is 1.86 bits per heavy atom. The van der Waals surface area contributed by atoms with E-state index in [0.717, 1.165) is 22.4 Å². The zero-order chi connectivity index (χ0) is 24.8. The molecule has 0 aliphatic carbocycles. The highest BCUT2D eigenvalue weighted by molar-refractivity contribution is 5.77. The molecule has 0 spiro atoms. The Morgan fingerprint density at radius 3 is 2.66 bits per heavy atom. The number of amides is 1. The lowest BCUT2D eigenvalue weighted by atomic mass is 10.0. The van der Waals surface area contributed by atoms with E-state index in [2.05, 4.69) is 34.5 Å². The smallest absolute Gasteiger partial charge is 0.258 e. The molecule has 4 aromatic rings. The summed E-state index contributed by atoms with van der Waals surface area (Å²) < 4.78 is 18.5. The number of carbonyl (C=O) groups is 1. The summed E-state index contributed by atoms with van der Waals surface area (Å²) in [5.74, 6) is 2.44. The monoisotopic (exact) mass is 475 g/mol. The summed E-state index contributed by atoms with van der Waals surface area (Å²) in [5, 5.41) is 15.7. The molecule has 9 heteroatoms. The molecule has 2 aromatic heterocycles. The van der Waals surface area contributed by atoms with Gasteiger partial charge in [-0.3, -0.25) is 4.79 Å². The Bertz CT molecular complexity index is 1320. The van der Waals surface area contributed by atoms with Crippen LogP contribution in [0.1, 0.15) is 30.9 Å². The summed E-state index contributed by atoms with van der Waals surface area (Å²) in [6.07, 6.45) is 0. The van der Waals surface area contributed by atoms with Gasteiger partial charge in [0.2, 0.25) is 5.88 Å². The van der Waals surface area contributed by atoms with E-state index in [9.17, 15) is 4.79 Å². The number of aromatic nitrogens is 4. The molecule has 0 saturated heterocycles. The van der Waals surface area contributed by atoms with Crippen molar-refractivity contribution < 1.29 is 19.0 Å². The average molecular weight is 476 g/mol. The molecule has 0 atom stereocenters. The number of benzene rings is 2. The molecule has 182 valence electrons. The van der Waals surface area contributed by atoms with Crippen LogP contribution >= 0.6 is 0 Å². The van der Waals surface area contributed by atoms with Gasteiger partial charge in [-0.15, -0.1) is 15.3 Å². The van der Waals surface area contributed by atoms with Gasteiger partial charge in [-0.1, -0.05) is 38.1 Å². The van der Waals surface area contributed by atoms with E-state index in [1.165, 1.54) is 0 Å². The second-order valence-corrected chi connectivity index (χ2v) is 8.35. The number of fused-ring (bicyclic) bond motifs is 1. The zero-order valence-electron chi connectivity index (χ0n) is 20.3. The number of hydrogen-bond acceptors (Lipinski definition) is 7. The van der Waals surface area contributed by atoms with Crippen LogP contribution in [0.15, 0.2) is 54.6 Å². The van der Waals surface area contributed by atoms with Gasteiger partial charge in [0.15, 0.2) is 18.1 Å². The molecule has 1 N–H and O–H groups in total. The summed E-state index contributed by atoms with van der Waals surface area (Å²) in [6.45, 7) is 6.70. The van der Waals surface area contributed by atoms with Gasteiger partial charge < -0.3 is 19.5 Å². The normalized spacial score (nSPS) is 11.0. The first kappa shape index (κ1) is 24.0.